The van der Waals surface area contributed by atoms with Gasteiger partial charge < -0.3 is 30.7 Å². The normalized spacial score (nSPS) is 12.9. The maximum Gasteiger partial charge on any atom is 0.407 e. The Morgan fingerprint density at radius 2 is 0.938 bits per heavy atom. The van der Waals surface area contributed by atoms with Crippen molar-refractivity contribution in [2.24, 2.45) is 0 Å². The number of alkyl halides is 4. The fourth-order valence-electron chi connectivity index (χ4n) is 2.20. The van der Waals surface area contributed by atoms with Gasteiger partial charge in [-0.3, -0.25) is 0 Å². The van der Waals surface area contributed by atoms with Crippen LogP contribution in [0.3, 0.4) is 0 Å². The molecule has 8 nitrogen and oxygen atoms in total. The first-order valence-electron chi connectivity index (χ1n) is 10.5. The number of hydrogen-bond acceptors (Lipinski definition) is 6. The monoisotopic (exact) mass is 474 g/mol. The molecule has 0 atom stereocenters. The van der Waals surface area contributed by atoms with Gasteiger partial charge in [-0.15, -0.1) is 0 Å². The summed E-state index contributed by atoms with van der Waals surface area (Å²) in [5.74, 6) is -6.31. The molecule has 0 radical (unpaired) electrons. The molecule has 2 amide bonds. The van der Waals surface area contributed by atoms with Gasteiger partial charge in [0.05, 0.1) is 26.2 Å². The van der Waals surface area contributed by atoms with Crippen molar-refractivity contribution in [1.82, 2.24) is 21.3 Å². The zero-order valence-corrected chi connectivity index (χ0v) is 19.8. The topological polar surface area (TPSA) is 101 Å². The van der Waals surface area contributed by atoms with E-state index in [0.29, 0.717) is 12.8 Å². The summed E-state index contributed by atoms with van der Waals surface area (Å²) in [6, 6.07) is 0. The van der Waals surface area contributed by atoms with Gasteiger partial charge in [0.1, 0.15) is 11.2 Å². The van der Waals surface area contributed by atoms with Gasteiger partial charge in [-0.25, -0.2) is 27.2 Å². The van der Waals surface area contributed by atoms with Crippen LogP contribution >= 0.6 is 0 Å². The molecule has 0 saturated carbocycles. The SMILES string of the molecule is CC(C)(C)OC(=O)NCC(F)(F)CNCCCCNCC(F)(F)CNC(=O)OC(C)(C)C. The molecule has 0 aromatic carbocycles. The summed E-state index contributed by atoms with van der Waals surface area (Å²) in [4.78, 5) is 22.8. The highest BCUT2D eigenvalue weighted by Crippen LogP contribution is 2.13. The summed E-state index contributed by atoms with van der Waals surface area (Å²) in [5.41, 5.74) is -1.55. The standard InChI is InChI=1S/C20H38F4N4O4/c1-17(2,3)31-15(29)27-13-19(21,22)11-25-9-7-8-10-26-12-20(23,24)14-28-16(30)32-18(4,5)6/h25-26H,7-14H2,1-6H3,(H,27,29)(H,28,30). The van der Waals surface area contributed by atoms with E-state index in [9.17, 15) is 27.2 Å². The van der Waals surface area contributed by atoms with Gasteiger partial charge in [0.25, 0.3) is 11.8 Å². The van der Waals surface area contributed by atoms with Gasteiger partial charge in [-0.05, 0) is 67.5 Å². The molecule has 0 saturated heterocycles. The average Bonchev–Trinajstić information content (AvgIpc) is 2.58. The van der Waals surface area contributed by atoms with Crippen LogP contribution in [0.1, 0.15) is 54.4 Å². The van der Waals surface area contributed by atoms with Crippen LogP contribution in [0.4, 0.5) is 27.2 Å². The van der Waals surface area contributed by atoms with E-state index in [4.69, 9.17) is 9.47 Å². The molecule has 4 N–H and O–H groups in total. The first-order chi connectivity index (χ1) is 14.4. The van der Waals surface area contributed by atoms with Crippen molar-refractivity contribution in [1.29, 1.82) is 0 Å². The minimum atomic E-state index is -3.15. The van der Waals surface area contributed by atoms with Gasteiger partial charge in [-0.1, -0.05) is 0 Å². The highest BCUT2D eigenvalue weighted by Gasteiger charge is 2.31. The molecule has 0 rings (SSSR count). The lowest BCUT2D eigenvalue weighted by Gasteiger charge is -2.22. The molecule has 0 aliphatic heterocycles. The molecule has 0 fully saturated rings. The van der Waals surface area contributed by atoms with Gasteiger partial charge >= 0.3 is 12.2 Å². The maximum atomic E-state index is 13.7. The average molecular weight is 475 g/mol. The van der Waals surface area contributed by atoms with Crippen LogP contribution in [0.15, 0.2) is 0 Å². The summed E-state index contributed by atoms with van der Waals surface area (Å²) >= 11 is 0. The van der Waals surface area contributed by atoms with E-state index in [0.717, 1.165) is 0 Å². The predicted molar refractivity (Wildman–Crippen MR) is 113 cm³/mol. The zero-order chi connectivity index (χ0) is 25.1. The Labute approximate surface area is 187 Å². The number of nitrogens with one attached hydrogen (secondary N) is 4. The smallest absolute Gasteiger partial charge is 0.407 e. The van der Waals surface area contributed by atoms with Crippen molar-refractivity contribution in [3.8, 4) is 0 Å². The molecule has 0 aliphatic carbocycles. The Morgan fingerprint density at radius 3 is 1.22 bits per heavy atom. The lowest BCUT2D eigenvalue weighted by Crippen LogP contribution is -2.45. The van der Waals surface area contributed by atoms with Gasteiger partial charge in [0, 0.05) is 0 Å². The number of carbonyl (C=O) groups excluding carboxylic acids is 2. The quantitative estimate of drug-likeness (QED) is 0.242. The number of halogens is 4. The van der Waals surface area contributed by atoms with Crippen molar-refractivity contribution in [2.75, 3.05) is 39.3 Å². The molecule has 0 spiro atoms. The lowest BCUT2D eigenvalue weighted by atomic mass is 10.2. The third kappa shape index (κ3) is 18.9. The van der Waals surface area contributed by atoms with Crippen LogP contribution in [0.25, 0.3) is 0 Å². The van der Waals surface area contributed by atoms with E-state index in [1.54, 1.807) is 41.5 Å². The van der Waals surface area contributed by atoms with Gasteiger partial charge in [0.2, 0.25) is 0 Å². The van der Waals surface area contributed by atoms with Crippen molar-refractivity contribution >= 4 is 12.2 Å². The number of alkyl carbamates (subject to hydrolysis) is 2. The molecular weight excluding hydrogens is 436 g/mol. The van der Waals surface area contributed by atoms with Crippen LogP contribution in [-0.4, -0.2) is 74.5 Å². The van der Waals surface area contributed by atoms with Crippen LogP contribution in [0, 0.1) is 0 Å². The van der Waals surface area contributed by atoms with Crippen LogP contribution in [0.5, 0.6) is 0 Å². The first-order valence-corrected chi connectivity index (χ1v) is 10.5. The fraction of sp³-hybridized carbons (Fsp3) is 0.900. The Kier molecular flexibility index (Phi) is 12.3. The molecular formula is C20H38F4N4O4. The predicted octanol–water partition coefficient (Wildman–Crippen LogP) is 3.27. The fourth-order valence-corrected chi connectivity index (χ4v) is 2.20. The zero-order valence-electron chi connectivity index (χ0n) is 19.8. The summed E-state index contributed by atoms with van der Waals surface area (Å²) in [5, 5.41) is 9.20. The molecule has 0 aromatic rings. The Hall–Kier alpha value is -1.82. The second-order valence-electron chi connectivity index (χ2n) is 9.48. The molecule has 0 bridgehead atoms. The number of amides is 2. The summed E-state index contributed by atoms with van der Waals surface area (Å²) in [7, 11) is 0. The van der Waals surface area contributed by atoms with Crippen molar-refractivity contribution < 1.29 is 36.6 Å². The van der Waals surface area contributed by atoms with E-state index in [1.807, 2.05) is 10.6 Å². The van der Waals surface area contributed by atoms with Crippen molar-refractivity contribution in [3.63, 3.8) is 0 Å². The number of carbonyl (C=O) groups is 2. The van der Waals surface area contributed by atoms with Crippen molar-refractivity contribution in [2.45, 2.75) is 77.4 Å². The number of unbranched alkanes of at least 4 members (excludes halogenated alkanes) is 1. The Morgan fingerprint density at radius 1 is 0.625 bits per heavy atom. The van der Waals surface area contributed by atoms with Gasteiger partial charge in [-0.2, -0.15) is 0 Å². The Bertz CT molecular complexity index is 529. The van der Waals surface area contributed by atoms with Crippen LogP contribution in [0.2, 0.25) is 0 Å². The minimum absolute atomic E-state index is 0.264. The minimum Gasteiger partial charge on any atom is -0.444 e. The van der Waals surface area contributed by atoms with E-state index < -0.39 is 61.4 Å². The highest BCUT2D eigenvalue weighted by atomic mass is 19.3. The van der Waals surface area contributed by atoms with E-state index in [-0.39, 0.29) is 13.1 Å². The second kappa shape index (κ2) is 13.0. The molecule has 190 valence electrons. The second-order valence-corrected chi connectivity index (χ2v) is 9.48. The third-order valence-corrected chi connectivity index (χ3v) is 3.50. The number of ether oxygens (including phenoxy) is 2. The summed E-state index contributed by atoms with van der Waals surface area (Å²) in [6.07, 6.45) is -0.850. The summed E-state index contributed by atoms with van der Waals surface area (Å²) in [6.45, 7) is 7.31. The lowest BCUT2D eigenvalue weighted by molar-refractivity contribution is -0.00413. The van der Waals surface area contributed by atoms with E-state index >= 15 is 0 Å². The maximum absolute atomic E-state index is 13.7. The van der Waals surface area contributed by atoms with Crippen LogP contribution < -0.4 is 21.3 Å². The van der Waals surface area contributed by atoms with Crippen LogP contribution in [-0.2, 0) is 9.47 Å². The molecule has 0 unspecified atom stereocenters. The van der Waals surface area contributed by atoms with E-state index in [1.165, 1.54) is 0 Å². The third-order valence-electron chi connectivity index (χ3n) is 3.50. The highest BCUT2D eigenvalue weighted by molar-refractivity contribution is 5.68. The largest absolute Gasteiger partial charge is 0.444 e. The Balaban J connectivity index is 3.85. The molecule has 12 heteroatoms. The number of hydrogen-bond donors (Lipinski definition) is 4. The van der Waals surface area contributed by atoms with Gasteiger partial charge in [0.15, 0.2) is 0 Å². The molecule has 0 heterocycles. The molecule has 0 aliphatic rings. The first kappa shape index (κ1) is 30.2. The molecule has 0 aromatic heterocycles. The number of rotatable bonds is 13. The van der Waals surface area contributed by atoms with Crippen molar-refractivity contribution in [3.05, 3.63) is 0 Å². The summed E-state index contributed by atoms with van der Waals surface area (Å²) < 4.78 is 64.7. The van der Waals surface area contributed by atoms with E-state index in [2.05, 4.69) is 10.6 Å². The molecule has 32 heavy (non-hydrogen) atoms.